The molecular weight excluding hydrogens is 330 g/mol. The largest absolute Gasteiger partial charge is 0.496 e. The van der Waals surface area contributed by atoms with Gasteiger partial charge in [-0.2, -0.15) is 0 Å². The van der Waals surface area contributed by atoms with Gasteiger partial charge in [-0.15, -0.1) is 11.8 Å². The van der Waals surface area contributed by atoms with Crippen LogP contribution in [-0.2, 0) is 30.6 Å². The van der Waals surface area contributed by atoms with Crippen molar-refractivity contribution in [2.24, 2.45) is 0 Å². The summed E-state index contributed by atoms with van der Waals surface area (Å²) in [6, 6.07) is 12.6. The first kappa shape index (κ1) is 17.9. The molecule has 0 saturated heterocycles. The molecule has 2 aromatic carbocycles. The van der Waals surface area contributed by atoms with Gasteiger partial charge in [0.25, 0.3) is 0 Å². The second kappa shape index (κ2) is 7.96. The van der Waals surface area contributed by atoms with Crippen LogP contribution in [0.1, 0.15) is 28.7 Å². The van der Waals surface area contributed by atoms with Crippen molar-refractivity contribution >= 4 is 17.7 Å². The van der Waals surface area contributed by atoms with Gasteiger partial charge < -0.3 is 9.64 Å². The Kier molecular flexibility index (Phi) is 5.69. The Labute approximate surface area is 154 Å². The Bertz CT molecular complexity index is 772. The SMILES string of the molecule is COc1cc(CN(C)C(=O)Cc2ccc3c(c2)CCC3)ccc1SC. The van der Waals surface area contributed by atoms with E-state index in [-0.39, 0.29) is 5.91 Å². The van der Waals surface area contributed by atoms with E-state index in [9.17, 15) is 4.79 Å². The number of amides is 1. The Hall–Kier alpha value is -1.94. The van der Waals surface area contributed by atoms with Crippen LogP contribution in [0.4, 0.5) is 0 Å². The van der Waals surface area contributed by atoms with Gasteiger partial charge in [-0.1, -0.05) is 24.3 Å². The van der Waals surface area contributed by atoms with E-state index in [4.69, 9.17) is 4.74 Å². The van der Waals surface area contributed by atoms with Crippen LogP contribution in [0.25, 0.3) is 0 Å². The zero-order chi connectivity index (χ0) is 17.8. The number of fused-ring (bicyclic) bond motifs is 1. The van der Waals surface area contributed by atoms with Crippen molar-refractivity contribution in [2.45, 2.75) is 37.1 Å². The van der Waals surface area contributed by atoms with Gasteiger partial charge >= 0.3 is 0 Å². The fraction of sp³-hybridized carbons (Fsp3) is 0.381. The molecule has 0 saturated carbocycles. The summed E-state index contributed by atoms with van der Waals surface area (Å²) in [5.74, 6) is 1.01. The summed E-state index contributed by atoms with van der Waals surface area (Å²) in [7, 11) is 3.55. The fourth-order valence-electron chi connectivity index (χ4n) is 3.39. The highest BCUT2D eigenvalue weighted by Crippen LogP contribution is 2.29. The summed E-state index contributed by atoms with van der Waals surface area (Å²) >= 11 is 1.66. The quantitative estimate of drug-likeness (QED) is 0.731. The number of hydrogen-bond acceptors (Lipinski definition) is 3. The molecule has 1 aliphatic rings. The number of benzene rings is 2. The standard InChI is InChI=1S/C21H25NO2S/c1-22(14-16-8-10-20(25-3)19(12-16)24-2)21(23)13-15-7-9-17-5-4-6-18(17)11-15/h7-12H,4-6,13-14H2,1-3H3. The molecule has 0 atom stereocenters. The average molecular weight is 356 g/mol. The second-order valence-corrected chi connectivity index (χ2v) is 7.42. The second-order valence-electron chi connectivity index (χ2n) is 6.57. The molecule has 0 heterocycles. The van der Waals surface area contributed by atoms with Gasteiger partial charge in [0, 0.05) is 18.5 Å². The van der Waals surface area contributed by atoms with Crippen LogP contribution in [0, 0.1) is 0 Å². The molecule has 3 rings (SSSR count). The van der Waals surface area contributed by atoms with Crippen molar-refractivity contribution in [1.82, 2.24) is 4.90 Å². The number of rotatable bonds is 6. The van der Waals surface area contributed by atoms with Crippen molar-refractivity contribution in [3.8, 4) is 5.75 Å². The molecule has 0 bridgehead atoms. The lowest BCUT2D eigenvalue weighted by molar-refractivity contribution is -0.129. The topological polar surface area (TPSA) is 29.5 Å². The molecule has 1 aliphatic carbocycles. The smallest absolute Gasteiger partial charge is 0.227 e. The van der Waals surface area contributed by atoms with E-state index >= 15 is 0 Å². The first-order chi connectivity index (χ1) is 12.1. The predicted octanol–water partition coefficient (Wildman–Crippen LogP) is 4.11. The zero-order valence-electron chi connectivity index (χ0n) is 15.2. The lowest BCUT2D eigenvalue weighted by Gasteiger charge is -2.18. The molecule has 1 amide bonds. The third-order valence-corrected chi connectivity index (χ3v) is 5.59. The minimum Gasteiger partial charge on any atom is -0.496 e. The van der Waals surface area contributed by atoms with E-state index in [1.54, 1.807) is 23.8 Å². The van der Waals surface area contributed by atoms with Crippen molar-refractivity contribution in [2.75, 3.05) is 20.4 Å². The van der Waals surface area contributed by atoms with Crippen molar-refractivity contribution in [3.05, 3.63) is 58.7 Å². The summed E-state index contributed by atoms with van der Waals surface area (Å²) in [5, 5.41) is 0. The summed E-state index contributed by atoms with van der Waals surface area (Å²) in [6.45, 7) is 0.592. The fourth-order valence-corrected chi connectivity index (χ4v) is 3.93. The highest BCUT2D eigenvalue weighted by atomic mass is 32.2. The number of ether oxygens (including phenoxy) is 1. The highest BCUT2D eigenvalue weighted by molar-refractivity contribution is 7.98. The van der Waals surface area contributed by atoms with Gasteiger partial charge in [-0.3, -0.25) is 4.79 Å². The van der Waals surface area contributed by atoms with E-state index in [0.717, 1.165) is 28.2 Å². The van der Waals surface area contributed by atoms with Gasteiger partial charge in [0.15, 0.2) is 0 Å². The lowest BCUT2D eigenvalue weighted by Crippen LogP contribution is -2.27. The molecule has 0 aromatic heterocycles. The number of carbonyl (C=O) groups is 1. The maximum absolute atomic E-state index is 12.6. The maximum atomic E-state index is 12.6. The molecule has 25 heavy (non-hydrogen) atoms. The lowest BCUT2D eigenvalue weighted by atomic mass is 10.0. The number of thioether (sulfide) groups is 1. The molecular formula is C21H25NO2S. The Morgan fingerprint density at radius 3 is 2.64 bits per heavy atom. The summed E-state index contributed by atoms with van der Waals surface area (Å²) < 4.78 is 5.43. The monoisotopic (exact) mass is 355 g/mol. The molecule has 0 radical (unpaired) electrons. The van der Waals surface area contributed by atoms with Crippen LogP contribution in [0.5, 0.6) is 5.75 Å². The first-order valence-corrected chi connectivity index (χ1v) is 9.88. The Balaban J connectivity index is 1.64. The normalized spacial score (nSPS) is 12.8. The van der Waals surface area contributed by atoms with Gasteiger partial charge in [0.1, 0.15) is 5.75 Å². The minimum atomic E-state index is 0.144. The Morgan fingerprint density at radius 2 is 1.88 bits per heavy atom. The van der Waals surface area contributed by atoms with Gasteiger partial charge in [-0.05, 0) is 59.9 Å². The zero-order valence-corrected chi connectivity index (χ0v) is 16.0. The molecule has 0 spiro atoms. The van der Waals surface area contributed by atoms with E-state index < -0.39 is 0 Å². The van der Waals surface area contributed by atoms with E-state index in [1.807, 2.05) is 19.4 Å². The van der Waals surface area contributed by atoms with Crippen LogP contribution in [-0.4, -0.2) is 31.2 Å². The van der Waals surface area contributed by atoms with Crippen molar-refractivity contribution in [3.63, 3.8) is 0 Å². The number of carbonyl (C=O) groups excluding carboxylic acids is 1. The van der Waals surface area contributed by atoms with Crippen LogP contribution in [0.2, 0.25) is 0 Å². The number of hydrogen-bond donors (Lipinski definition) is 0. The molecule has 3 nitrogen and oxygen atoms in total. The van der Waals surface area contributed by atoms with E-state index in [2.05, 4.69) is 30.3 Å². The van der Waals surface area contributed by atoms with E-state index in [1.165, 1.54) is 24.0 Å². The molecule has 0 unspecified atom stereocenters. The predicted molar refractivity (Wildman–Crippen MR) is 103 cm³/mol. The number of aryl methyl sites for hydroxylation is 2. The van der Waals surface area contributed by atoms with E-state index in [0.29, 0.717) is 13.0 Å². The highest BCUT2D eigenvalue weighted by Gasteiger charge is 2.15. The summed E-state index contributed by atoms with van der Waals surface area (Å²) in [5.41, 5.74) is 5.07. The van der Waals surface area contributed by atoms with Crippen molar-refractivity contribution in [1.29, 1.82) is 0 Å². The van der Waals surface area contributed by atoms with Crippen LogP contribution >= 0.6 is 11.8 Å². The van der Waals surface area contributed by atoms with Crippen LogP contribution in [0.15, 0.2) is 41.3 Å². The third kappa shape index (κ3) is 4.18. The molecule has 2 aromatic rings. The molecule has 0 N–H and O–H groups in total. The van der Waals surface area contributed by atoms with Gasteiger partial charge in [-0.25, -0.2) is 0 Å². The van der Waals surface area contributed by atoms with Crippen LogP contribution in [0.3, 0.4) is 0 Å². The molecule has 4 heteroatoms. The summed E-state index contributed by atoms with van der Waals surface area (Å²) in [4.78, 5) is 15.5. The van der Waals surface area contributed by atoms with Crippen LogP contribution < -0.4 is 4.74 Å². The first-order valence-electron chi connectivity index (χ1n) is 8.66. The molecule has 0 fully saturated rings. The number of methoxy groups -OCH3 is 1. The van der Waals surface area contributed by atoms with Gasteiger partial charge in [0.2, 0.25) is 5.91 Å². The third-order valence-electron chi connectivity index (χ3n) is 4.81. The molecule has 0 aliphatic heterocycles. The molecule has 132 valence electrons. The average Bonchev–Trinajstić information content (AvgIpc) is 3.09. The maximum Gasteiger partial charge on any atom is 0.227 e. The number of likely N-dealkylation sites (N-methyl/N-ethyl adjacent to an activating group) is 1. The minimum absolute atomic E-state index is 0.144. The van der Waals surface area contributed by atoms with Crippen molar-refractivity contribution < 1.29 is 9.53 Å². The summed E-state index contributed by atoms with van der Waals surface area (Å²) in [6.07, 6.45) is 6.06. The Morgan fingerprint density at radius 1 is 1.12 bits per heavy atom. The van der Waals surface area contributed by atoms with Gasteiger partial charge in [0.05, 0.1) is 13.5 Å². The number of nitrogens with zero attached hydrogens (tertiary/aromatic N) is 1.